The van der Waals surface area contributed by atoms with E-state index in [9.17, 15) is 15.2 Å². The summed E-state index contributed by atoms with van der Waals surface area (Å²) in [5.41, 5.74) is 1.34. The van der Waals surface area contributed by atoms with Gasteiger partial charge in [-0.1, -0.05) is 46.6 Å². The molecule has 0 radical (unpaired) electrons. The molecule has 1 aromatic heterocycles. The maximum Gasteiger partial charge on any atom is 0.307 e. The summed E-state index contributed by atoms with van der Waals surface area (Å²) >= 11 is 9.66. The monoisotopic (exact) mass is 406 g/mol. The van der Waals surface area contributed by atoms with Gasteiger partial charge in [-0.05, 0) is 35.7 Å². The fraction of sp³-hybridized carbons (Fsp3) is 0.278. The van der Waals surface area contributed by atoms with E-state index >= 15 is 0 Å². The number of aliphatic carboxylic acids is 1. The Morgan fingerprint density at radius 3 is 2.71 bits per heavy atom. The molecule has 0 bridgehead atoms. The van der Waals surface area contributed by atoms with Crippen LogP contribution in [0.4, 0.5) is 0 Å². The summed E-state index contributed by atoms with van der Waals surface area (Å²) < 4.78 is 0.802. The fourth-order valence-electron chi connectivity index (χ4n) is 2.91. The van der Waals surface area contributed by atoms with Gasteiger partial charge in [0, 0.05) is 27.8 Å². The average Bonchev–Trinajstić information content (AvgIpc) is 2.56. The van der Waals surface area contributed by atoms with Gasteiger partial charge < -0.3 is 5.11 Å². The first-order valence-corrected chi connectivity index (χ1v) is 8.64. The van der Waals surface area contributed by atoms with Crippen LogP contribution in [0.1, 0.15) is 36.3 Å². The van der Waals surface area contributed by atoms with E-state index in [4.69, 9.17) is 11.6 Å². The van der Waals surface area contributed by atoms with Crippen molar-refractivity contribution in [3.8, 4) is 6.07 Å². The number of pyridine rings is 1. The van der Waals surface area contributed by atoms with E-state index in [2.05, 4.69) is 27.0 Å². The van der Waals surface area contributed by atoms with Gasteiger partial charge in [-0.3, -0.25) is 9.78 Å². The zero-order chi connectivity index (χ0) is 17.7. The molecule has 0 saturated heterocycles. The van der Waals surface area contributed by atoms with Gasteiger partial charge in [0.25, 0.3) is 0 Å². The largest absolute Gasteiger partial charge is 0.481 e. The van der Waals surface area contributed by atoms with Crippen molar-refractivity contribution < 1.29 is 9.90 Å². The Kier molecular flexibility index (Phi) is 6.36. The van der Waals surface area contributed by atoms with E-state index in [1.165, 1.54) is 0 Å². The summed E-state index contributed by atoms with van der Waals surface area (Å²) in [6, 6.07) is 11.1. The van der Waals surface area contributed by atoms with Crippen molar-refractivity contribution >= 4 is 33.5 Å². The quantitative estimate of drug-likeness (QED) is 0.731. The van der Waals surface area contributed by atoms with Crippen LogP contribution in [0.5, 0.6) is 0 Å². The highest BCUT2D eigenvalue weighted by Gasteiger charge is 2.36. The standard InChI is InChI=1S/C18H16BrClN2O2/c1-2-13(18(23)24)17(11-4-3-7-22-10-11)15(9-21)14-6-5-12(19)8-16(14)20/h3-8,10,13,15,17H,2H2,1H3,(H,23,24). The number of nitrogens with zero attached hydrogens (tertiary/aromatic N) is 2. The minimum absolute atomic E-state index is 0.404. The van der Waals surface area contributed by atoms with Crippen LogP contribution in [0.25, 0.3) is 0 Å². The second kappa shape index (κ2) is 8.27. The van der Waals surface area contributed by atoms with Crippen molar-refractivity contribution in [2.45, 2.75) is 25.2 Å². The van der Waals surface area contributed by atoms with Crippen LogP contribution in [0.15, 0.2) is 47.2 Å². The highest BCUT2D eigenvalue weighted by atomic mass is 79.9. The molecule has 1 N–H and O–H groups in total. The number of carboxylic acid groups (broad SMARTS) is 1. The Hall–Kier alpha value is -1.90. The van der Waals surface area contributed by atoms with Crippen LogP contribution in [0, 0.1) is 17.2 Å². The first kappa shape index (κ1) is 18.4. The molecule has 124 valence electrons. The van der Waals surface area contributed by atoms with E-state index in [1.54, 1.807) is 49.6 Å². The summed E-state index contributed by atoms with van der Waals surface area (Å²) in [6.07, 6.45) is 3.64. The number of benzene rings is 1. The number of rotatable bonds is 6. The van der Waals surface area contributed by atoms with E-state index in [-0.39, 0.29) is 0 Å². The molecule has 0 fully saturated rings. The molecule has 0 aliphatic rings. The molecular formula is C18H16BrClN2O2. The predicted octanol–water partition coefficient (Wildman–Crippen LogP) is 5.00. The third-order valence-corrected chi connectivity index (χ3v) is 4.88. The van der Waals surface area contributed by atoms with Crippen LogP contribution in [0.3, 0.4) is 0 Å². The molecule has 2 rings (SSSR count). The molecule has 24 heavy (non-hydrogen) atoms. The van der Waals surface area contributed by atoms with Crippen LogP contribution in [-0.2, 0) is 4.79 Å². The third-order valence-electron chi connectivity index (χ3n) is 4.06. The van der Waals surface area contributed by atoms with Gasteiger partial charge >= 0.3 is 5.97 Å². The zero-order valence-electron chi connectivity index (χ0n) is 13.0. The molecular weight excluding hydrogens is 392 g/mol. The van der Waals surface area contributed by atoms with E-state index in [0.29, 0.717) is 17.0 Å². The Morgan fingerprint density at radius 1 is 1.46 bits per heavy atom. The summed E-state index contributed by atoms with van der Waals surface area (Å²) in [6.45, 7) is 1.81. The van der Waals surface area contributed by atoms with Crippen molar-refractivity contribution in [2.75, 3.05) is 0 Å². The smallest absolute Gasteiger partial charge is 0.307 e. The topological polar surface area (TPSA) is 74.0 Å². The van der Waals surface area contributed by atoms with Crippen molar-refractivity contribution in [1.29, 1.82) is 5.26 Å². The SMILES string of the molecule is CCC(C(=O)O)C(c1cccnc1)C(C#N)c1ccc(Br)cc1Cl. The first-order valence-electron chi connectivity index (χ1n) is 7.46. The van der Waals surface area contributed by atoms with Crippen molar-refractivity contribution in [3.63, 3.8) is 0 Å². The molecule has 1 aromatic carbocycles. The lowest BCUT2D eigenvalue weighted by atomic mass is 9.74. The zero-order valence-corrected chi connectivity index (χ0v) is 15.3. The molecule has 2 aromatic rings. The minimum atomic E-state index is -0.931. The van der Waals surface area contributed by atoms with Gasteiger partial charge in [-0.25, -0.2) is 0 Å². The number of aromatic nitrogens is 1. The minimum Gasteiger partial charge on any atom is -0.481 e. The fourth-order valence-corrected chi connectivity index (χ4v) is 3.70. The highest BCUT2D eigenvalue weighted by Crippen LogP contribution is 2.42. The van der Waals surface area contributed by atoms with Gasteiger partial charge in [0.1, 0.15) is 0 Å². The lowest BCUT2D eigenvalue weighted by Gasteiger charge is -2.28. The molecule has 0 saturated carbocycles. The lowest BCUT2D eigenvalue weighted by Crippen LogP contribution is -2.26. The average molecular weight is 408 g/mol. The van der Waals surface area contributed by atoms with Gasteiger partial charge in [-0.15, -0.1) is 0 Å². The third kappa shape index (κ3) is 3.95. The number of hydrogen-bond donors (Lipinski definition) is 1. The predicted molar refractivity (Wildman–Crippen MR) is 95.9 cm³/mol. The van der Waals surface area contributed by atoms with Crippen molar-refractivity contribution in [3.05, 3.63) is 63.3 Å². The summed E-state index contributed by atoms with van der Waals surface area (Å²) in [4.78, 5) is 15.9. The molecule has 4 nitrogen and oxygen atoms in total. The maximum atomic E-state index is 11.8. The molecule has 3 atom stereocenters. The Morgan fingerprint density at radius 2 is 2.21 bits per heavy atom. The van der Waals surface area contributed by atoms with Crippen LogP contribution in [0.2, 0.25) is 5.02 Å². The van der Waals surface area contributed by atoms with Crippen molar-refractivity contribution in [1.82, 2.24) is 4.98 Å². The van der Waals surface area contributed by atoms with Crippen LogP contribution < -0.4 is 0 Å². The van der Waals surface area contributed by atoms with E-state index in [1.807, 2.05) is 0 Å². The number of nitriles is 1. The summed E-state index contributed by atoms with van der Waals surface area (Å²) in [5.74, 6) is -2.86. The first-order chi connectivity index (χ1) is 11.5. The number of carbonyl (C=O) groups is 1. The maximum absolute atomic E-state index is 11.8. The second-order valence-corrected chi connectivity index (χ2v) is 6.76. The number of carboxylic acids is 1. The molecule has 0 aliphatic carbocycles. The highest BCUT2D eigenvalue weighted by molar-refractivity contribution is 9.10. The van der Waals surface area contributed by atoms with Gasteiger partial charge in [-0.2, -0.15) is 5.26 Å². The number of halogens is 2. The number of hydrogen-bond acceptors (Lipinski definition) is 3. The van der Waals surface area contributed by atoms with E-state index in [0.717, 1.165) is 10.0 Å². The van der Waals surface area contributed by atoms with Crippen LogP contribution in [-0.4, -0.2) is 16.1 Å². The molecule has 0 spiro atoms. The van der Waals surface area contributed by atoms with Crippen LogP contribution >= 0.6 is 27.5 Å². The van der Waals surface area contributed by atoms with Gasteiger partial charge in [0.2, 0.25) is 0 Å². The summed E-state index contributed by atoms with van der Waals surface area (Å²) in [7, 11) is 0. The Bertz CT molecular complexity index is 761. The molecule has 6 heteroatoms. The van der Waals surface area contributed by atoms with E-state index < -0.39 is 23.7 Å². The molecule has 3 unspecified atom stereocenters. The molecule has 0 aliphatic heterocycles. The summed E-state index contributed by atoms with van der Waals surface area (Å²) in [5, 5.41) is 19.9. The Balaban J connectivity index is 2.59. The lowest BCUT2D eigenvalue weighted by molar-refractivity contribution is -0.142. The molecule has 1 heterocycles. The van der Waals surface area contributed by atoms with Gasteiger partial charge in [0.05, 0.1) is 17.9 Å². The normalized spacial score (nSPS) is 14.4. The second-order valence-electron chi connectivity index (χ2n) is 5.44. The van der Waals surface area contributed by atoms with Crippen molar-refractivity contribution in [2.24, 2.45) is 5.92 Å². The Labute approximate surface area is 154 Å². The van der Waals surface area contributed by atoms with Gasteiger partial charge in [0.15, 0.2) is 0 Å². The molecule has 0 amide bonds.